The number of hydrogen-bond donors (Lipinski definition) is 1. The number of alkyl halides is 2. The van der Waals surface area contributed by atoms with E-state index in [-0.39, 0.29) is 30.3 Å². The second-order valence-electron chi connectivity index (χ2n) is 8.26. The van der Waals surface area contributed by atoms with Crippen LogP contribution in [-0.4, -0.2) is 64.9 Å². The maximum atomic E-state index is 13.2. The molecule has 1 unspecified atom stereocenters. The van der Waals surface area contributed by atoms with Gasteiger partial charge in [-0.1, -0.05) is 13.5 Å². The number of carbonyl (C=O) groups is 1. The lowest BCUT2D eigenvalue weighted by Gasteiger charge is -2.19. The highest BCUT2D eigenvalue weighted by Crippen LogP contribution is 2.21. The van der Waals surface area contributed by atoms with Crippen molar-refractivity contribution in [3.63, 3.8) is 0 Å². The second-order valence-corrected chi connectivity index (χ2v) is 10.5. The first-order chi connectivity index (χ1) is 16.6. The molecule has 0 bridgehead atoms. The van der Waals surface area contributed by atoms with Gasteiger partial charge in [-0.25, -0.2) is 22.2 Å². The molecule has 35 heavy (non-hydrogen) atoms. The van der Waals surface area contributed by atoms with Gasteiger partial charge in [0.1, 0.15) is 5.65 Å². The van der Waals surface area contributed by atoms with E-state index < -0.39 is 27.6 Å². The van der Waals surface area contributed by atoms with Gasteiger partial charge in [0.2, 0.25) is 0 Å². The van der Waals surface area contributed by atoms with Gasteiger partial charge in [0.05, 0.1) is 34.5 Å². The van der Waals surface area contributed by atoms with E-state index in [4.69, 9.17) is 0 Å². The summed E-state index contributed by atoms with van der Waals surface area (Å²) < 4.78 is 54.3. The van der Waals surface area contributed by atoms with E-state index in [9.17, 15) is 22.0 Å². The van der Waals surface area contributed by atoms with E-state index in [2.05, 4.69) is 21.9 Å². The molecule has 0 aliphatic heterocycles. The normalized spacial score (nSPS) is 13.0. The van der Waals surface area contributed by atoms with E-state index in [1.54, 1.807) is 55.2 Å². The van der Waals surface area contributed by atoms with E-state index in [0.29, 0.717) is 23.8 Å². The number of sulfone groups is 1. The molecule has 0 spiro atoms. The molecule has 0 saturated carbocycles. The number of carbonyl (C=O) groups excluding carboxylic acids is 1. The Bertz CT molecular complexity index is 1280. The molecule has 1 N–H and O–H groups in total. The molecule has 3 aromatic rings. The Kier molecular flexibility index (Phi) is 8.34. The van der Waals surface area contributed by atoms with Gasteiger partial charge >= 0.3 is 0 Å². The highest BCUT2D eigenvalue weighted by atomic mass is 32.2. The molecular formula is C24H29F2N5O3S. The first-order valence-electron chi connectivity index (χ1n) is 11.2. The van der Waals surface area contributed by atoms with Crippen LogP contribution < -0.4 is 5.32 Å². The van der Waals surface area contributed by atoms with Gasteiger partial charge in [-0.2, -0.15) is 0 Å². The fourth-order valence-corrected chi connectivity index (χ4v) is 5.33. The van der Waals surface area contributed by atoms with E-state index in [1.165, 1.54) is 17.2 Å². The van der Waals surface area contributed by atoms with Crippen molar-refractivity contribution in [1.29, 1.82) is 0 Å². The van der Waals surface area contributed by atoms with Crippen molar-refractivity contribution in [1.82, 2.24) is 24.6 Å². The number of pyridine rings is 2. The topological polar surface area (TPSA) is 96.7 Å². The molecule has 3 heterocycles. The molecule has 3 rings (SSSR count). The van der Waals surface area contributed by atoms with Crippen LogP contribution in [0, 0.1) is 0 Å². The van der Waals surface area contributed by atoms with Crippen molar-refractivity contribution in [3.8, 4) is 0 Å². The summed E-state index contributed by atoms with van der Waals surface area (Å²) in [5, 5.41) is 1.85. The molecule has 188 valence electrons. The zero-order chi connectivity index (χ0) is 25.6. The number of hydrogen-bond acceptors (Lipinski definition) is 6. The molecule has 11 heteroatoms. The van der Waals surface area contributed by atoms with Crippen LogP contribution in [-0.2, 0) is 16.4 Å². The van der Waals surface area contributed by atoms with Gasteiger partial charge in [0, 0.05) is 31.8 Å². The second kappa shape index (κ2) is 11.0. The Morgan fingerprint density at radius 2 is 2.06 bits per heavy atom. The quantitative estimate of drug-likeness (QED) is 0.300. The van der Waals surface area contributed by atoms with E-state index in [0.717, 1.165) is 5.65 Å². The number of fused-ring (bicyclic) bond motifs is 1. The van der Waals surface area contributed by atoms with Crippen molar-refractivity contribution < 1.29 is 22.0 Å². The summed E-state index contributed by atoms with van der Waals surface area (Å²) in [6.07, 6.45) is 7.46. The fraction of sp³-hybridized carbons (Fsp3) is 0.375. The van der Waals surface area contributed by atoms with Crippen LogP contribution in [0.1, 0.15) is 35.8 Å². The average Bonchev–Trinajstić information content (AvgIpc) is 3.31. The molecule has 0 radical (unpaired) electrons. The monoisotopic (exact) mass is 505 g/mol. The van der Waals surface area contributed by atoms with Crippen LogP contribution in [0.25, 0.3) is 5.65 Å². The molecule has 1 atom stereocenters. The number of nitrogens with zero attached hydrogens (tertiary/aromatic N) is 4. The van der Waals surface area contributed by atoms with Gasteiger partial charge in [0.15, 0.2) is 9.84 Å². The SMILES string of the molecule is C=CC(F)(F)CNCCC(CC)S(=O)(=O)c1ccc(CN(C)C(=O)c2ccc3nccn3c2)nc1. The zero-order valence-electron chi connectivity index (χ0n) is 19.7. The third-order valence-corrected chi connectivity index (χ3v) is 8.05. The lowest BCUT2D eigenvalue weighted by atomic mass is 10.2. The van der Waals surface area contributed by atoms with Crippen LogP contribution in [0.2, 0.25) is 0 Å². The number of nitrogens with one attached hydrogen (secondary N) is 1. The molecule has 0 fully saturated rings. The Hall–Kier alpha value is -3.18. The number of rotatable bonds is 12. The maximum Gasteiger partial charge on any atom is 0.278 e. The minimum Gasteiger partial charge on any atom is -0.336 e. The molecule has 1 amide bonds. The molecular weight excluding hydrogens is 476 g/mol. The lowest BCUT2D eigenvalue weighted by molar-refractivity contribution is 0.0557. The van der Waals surface area contributed by atoms with Crippen molar-refractivity contribution >= 4 is 21.4 Å². The Morgan fingerprint density at radius 1 is 1.29 bits per heavy atom. The first kappa shape index (κ1) is 26.4. The summed E-state index contributed by atoms with van der Waals surface area (Å²) in [7, 11) is -2.05. The fourth-order valence-electron chi connectivity index (χ4n) is 3.62. The standard InChI is InChI=1S/C24H29F2N5O3S/c1-4-20(10-11-27-17-24(25,26)5-2)35(33,34)21-8-7-19(29-14-21)16-30(3)23(32)18-6-9-22-28-12-13-31(22)15-18/h5-9,12-15,20,27H,2,4,10-11,16-17H2,1,3H3. The molecule has 0 aromatic carbocycles. The molecule has 8 nitrogen and oxygen atoms in total. The number of halogens is 2. The van der Waals surface area contributed by atoms with E-state index >= 15 is 0 Å². The lowest BCUT2D eigenvalue weighted by Crippen LogP contribution is -2.34. The molecule has 3 aromatic heterocycles. The van der Waals surface area contributed by atoms with Gasteiger partial charge in [0.25, 0.3) is 11.8 Å². The highest BCUT2D eigenvalue weighted by Gasteiger charge is 2.27. The number of amides is 1. The van der Waals surface area contributed by atoms with Crippen LogP contribution in [0.15, 0.2) is 66.6 Å². The Morgan fingerprint density at radius 3 is 2.71 bits per heavy atom. The molecule has 0 aliphatic rings. The number of imidazole rings is 1. The first-order valence-corrected chi connectivity index (χ1v) is 12.7. The molecule has 0 saturated heterocycles. The summed E-state index contributed by atoms with van der Waals surface area (Å²) in [6, 6.07) is 6.49. The summed E-state index contributed by atoms with van der Waals surface area (Å²) in [5.41, 5.74) is 1.76. The summed E-state index contributed by atoms with van der Waals surface area (Å²) in [5.74, 6) is -3.25. The third kappa shape index (κ3) is 6.49. The van der Waals surface area contributed by atoms with Crippen LogP contribution in [0.4, 0.5) is 8.78 Å². The maximum absolute atomic E-state index is 13.2. The predicted octanol–water partition coefficient (Wildman–Crippen LogP) is 3.35. The minimum absolute atomic E-state index is 0.0593. The summed E-state index contributed by atoms with van der Waals surface area (Å²) >= 11 is 0. The van der Waals surface area contributed by atoms with Gasteiger partial charge in [-0.05, 0) is 49.7 Å². The minimum atomic E-state index is -3.69. The average molecular weight is 506 g/mol. The summed E-state index contributed by atoms with van der Waals surface area (Å²) in [6.45, 7) is 4.55. The van der Waals surface area contributed by atoms with Gasteiger partial charge < -0.3 is 14.6 Å². The third-order valence-electron chi connectivity index (χ3n) is 5.70. The number of aromatic nitrogens is 3. The Labute approximate surface area is 203 Å². The Balaban J connectivity index is 1.61. The van der Waals surface area contributed by atoms with Crippen molar-refractivity contribution in [2.45, 2.75) is 42.4 Å². The van der Waals surface area contributed by atoms with Gasteiger partial charge in [-0.3, -0.25) is 9.78 Å². The van der Waals surface area contributed by atoms with Crippen molar-refractivity contribution in [3.05, 3.63) is 73.0 Å². The van der Waals surface area contributed by atoms with Crippen LogP contribution >= 0.6 is 0 Å². The highest BCUT2D eigenvalue weighted by molar-refractivity contribution is 7.92. The largest absolute Gasteiger partial charge is 0.336 e. The van der Waals surface area contributed by atoms with Crippen molar-refractivity contribution in [2.75, 3.05) is 20.1 Å². The van der Waals surface area contributed by atoms with Crippen LogP contribution in [0.5, 0.6) is 0 Å². The van der Waals surface area contributed by atoms with E-state index in [1.807, 2.05) is 0 Å². The van der Waals surface area contributed by atoms with Gasteiger partial charge in [-0.15, -0.1) is 0 Å². The molecule has 0 aliphatic carbocycles. The smallest absolute Gasteiger partial charge is 0.278 e. The zero-order valence-corrected chi connectivity index (χ0v) is 20.5. The van der Waals surface area contributed by atoms with Crippen molar-refractivity contribution in [2.24, 2.45) is 0 Å². The predicted molar refractivity (Wildman–Crippen MR) is 129 cm³/mol. The van der Waals surface area contributed by atoms with Crippen LogP contribution in [0.3, 0.4) is 0 Å². The summed E-state index contributed by atoms with van der Waals surface area (Å²) in [4.78, 5) is 22.7.